The third-order valence-electron chi connectivity index (χ3n) is 2.59. The summed E-state index contributed by atoms with van der Waals surface area (Å²) < 4.78 is 24.7. The van der Waals surface area contributed by atoms with Gasteiger partial charge in [-0.3, -0.25) is 0 Å². The topological polar surface area (TPSA) is 54.4 Å². The molecule has 0 saturated carbocycles. The van der Waals surface area contributed by atoms with E-state index in [0.717, 1.165) is 4.47 Å². The van der Waals surface area contributed by atoms with Crippen LogP contribution >= 0.6 is 15.9 Å². The van der Waals surface area contributed by atoms with Crippen molar-refractivity contribution in [2.24, 2.45) is 0 Å². The molecule has 1 atom stereocenters. The van der Waals surface area contributed by atoms with Crippen molar-refractivity contribution in [2.45, 2.75) is 37.2 Å². The van der Waals surface area contributed by atoms with Gasteiger partial charge in [0.15, 0.2) is 9.84 Å². The summed E-state index contributed by atoms with van der Waals surface area (Å²) in [6.07, 6.45) is 1.30. The average Bonchev–Trinajstić information content (AvgIpc) is 2.29. The first-order valence-electron chi connectivity index (χ1n) is 5.62. The summed E-state index contributed by atoms with van der Waals surface area (Å²) in [6, 6.07) is 6.62. The lowest BCUT2D eigenvalue weighted by molar-refractivity contribution is 0.159. The van der Waals surface area contributed by atoms with Crippen molar-refractivity contribution in [2.75, 3.05) is 5.75 Å². The minimum atomic E-state index is -3.21. The van der Waals surface area contributed by atoms with Crippen LogP contribution in [-0.4, -0.2) is 25.4 Å². The lowest BCUT2D eigenvalue weighted by Crippen LogP contribution is -2.11. The van der Waals surface area contributed by atoms with Crippen LogP contribution < -0.4 is 0 Å². The van der Waals surface area contributed by atoms with Crippen LogP contribution in [0.5, 0.6) is 0 Å². The number of rotatable bonds is 6. The van der Waals surface area contributed by atoms with Crippen LogP contribution in [0.15, 0.2) is 33.6 Å². The average molecular weight is 321 g/mol. The van der Waals surface area contributed by atoms with Gasteiger partial charge in [-0.05, 0) is 43.5 Å². The molecule has 0 radical (unpaired) electrons. The Morgan fingerprint density at radius 2 is 1.88 bits per heavy atom. The van der Waals surface area contributed by atoms with Crippen LogP contribution in [0.25, 0.3) is 0 Å². The molecule has 0 heterocycles. The normalized spacial score (nSPS) is 13.6. The van der Waals surface area contributed by atoms with Gasteiger partial charge in [0.1, 0.15) is 0 Å². The van der Waals surface area contributed by atoms with Gasteiger partial charge in [0.2, 0.25) is 0 Å². The zero-order chi connectivity index (χ0) is 12.9. The van der Waals surface area contributed by atoms with Gasteiger partial charge in [-0.2, -0.15) is 0 Å². The quantitative estimate of drug-likeness (QED) is 0.876. The zero-order valence-electron chi connectivity index (χ0n) is 9.77. The maximum Gasteiger partial charge on any atom is 0.178 e. The highest BCUT2D eigenvalue weighted by Crippen LogP contribution is 2.17. The Kier molecular flexibility index (Phi) is 5.62. The van der Waals surface area contributed by atoms with Crippen molar-refractivity contribution in [3.63, 3.8) is 0 Å². The Labute approximate surface area is 111 Å². The van der Waals surface area contributed by atoms with Gasteiger partial charge in [0.05, 0.1) is 16.8 Å². The van der Waals surface area contributed by atoms with Gasteiger partial charge >= 0.3 is 0 Å². The summed E-state index contributed by atoms with van der Waals surface area (Å²) in [6.45, 7) is 1.88. The largest absolute Gasteiger partial charge is 0.393 e. The molecule has 0 aliphatic rings. The van der Waals surface area contributed by atoms with E-state index in [2.05, 4.69) is 15.9 Å². The van der Waals surface area contributed by atoms with Crippen molar-refractivity contribution in [3.8, 4) is 0 Å². The lowest BCUT2D eigenvalue weighted by Gasteiger charge is -2.08. The second-order valence-corrected chi connectivity index (χ2v) is 7.00. The molecule has 5 heteroatoms. The number of aliphatic hydroxyl groups is 1. The molecule has 0 aliphatic heterocycles. The van der Waals surface area contributed by atoms with E-state index in [0.29, 0.717) is 24.2 Å². The third-order valence-corrected chi connectivity index (χ3v) is 4.94. The van der Waals surface area contributed by atoms with Gasteiger partial charge in [-0.1, -0.05) is 22.9 Å². The number of sulfone groups is 1. The van der Waals surface area contributed by atoms with E-state index in [-0.39, 0.29) is 5.75 Å². The number of hydrogen-bond acceptors (Lipinski definition) is 3. The highest BCUT2D eigenvalue weighted by molar-refractivity contribution is 9.10. The van der Waals surface area contributed by atoms with Gasteiger partial charge < -0.3 is 5.11 Å². The van der Waals surface area contributed by atoms with E-state index in [1.807, 2.05) is 6.92 Å². The van der Waals surface area contributed by atoms with Crippen LogP contribution in [0.3, 0.4) is 0 Å². The molecule has 0 fully saturated rings. The van der Waals surface area contributed by atoms with Crippen molar-refractivity contribution >= 4 is 25.8 Å². The third kappa shape index (κ3) is 4.77. The second kappa shape index (κ2) is 6.52. The number of benzene rings is 1. The van der Waals surface area contributed by atoms with Crippen LogP contribution in [0.1, 0.15) is 26.2 Å². The molecule has 96 valence electrons. The van der Waals surface area contributed by atoms with Crippen molar-refractivity contribution in [3.05, 3.63) is 28.7 Å². The molecular formula is C12H17BrO3S. The Bertz CT molecular complexity index is 439. The first-order chi connectivity index (χ1) is 7.95. The van der Waals surface area contributed by atoms with Gasteiger partial charge in [-0.25, -0.2) is 8.42 Å². The minimum Gasteiger partial charge on any atom is -0.393 e. The van der Waals surface area contributed by atoms with E-state index in [4.69, 9.17) is 0 Å². The van der Waals surface area contributed by atoms with Gasteiger partial charge in [0, 0.05) is 4.47 Å². The molecule has 0 amide bonds. The molecule has 1 unspecified atom stereocenters. The fourth-order valence-electron chi connectivity index (χ4n) is 1.47. The van der Waals surface area contributed by atoms with E-state index in [9.17, 15) is 13.5 Å². The molecule has 0 aromatic heterocycles. The summed E-state index contributed by atoms with van der Waals surface area (Å²) in [5, 5.41) is 9.36. The minimum absolute atomic E-state index is 0.0890. The number of hydrogen-bond donors (Lipinski definition) is 1. The molecule has 1 N–H and O–H groups in total. The fourth-order valence-corrected chi connectivity index (χ4v) is 3.07. The van der Waals surface area contributed by atoms with Crippen molar-refractivity contribution in [1.82, 2.24) is 0 Å². The number of aliphatic hydroxyl groups excluding tert-OH is 1. The second-order valence-electron chi connectivity index (χ2n) is 3.98. The highest BCUT2D eigenvalue weighted by Gasteiger charge is 2.14. The first-order valence-corrected chi connectivity index (χ1v) is 8.06. The van der Waals surface area contributed by atoms with Crippen LogP contribution in [-0.2, 0) is 9.84 Å². The maximum atomic E-state index is 11.9. The smallest absolute Gasteiger partial charge is 0.178 e. The van der Waals surface area contributed by atoms with E-state index in [1.165, 1.54) is 0 Å². The number of halogens is 1. The summed E-state index contributed by atoms with van der Waals surface area (Å²) in [5.74, 6) is 0.0890. The van der Waals surface area contributed by atoms with Crippen molar-refractivity contribution < 1.29 is 13.5 Å². The molecule has 3 nitrogen and oxygen atoms in total. The van der Waals surface area contributed by atoms with Crippen molar-refractivity contribution in [1.29, 1.82) is 0 Å². The molecule has 0 spiro atoms. The molecule has 1 aromatic rings. The van der Waals surface area contributed by atoms with Crippen LogP contribution in [0.2, 0.25) is 0 Å². The Hall–Kier alpha value is -0.390. The summed E-state index contributed by atoms with van der Waals surface area (Å²) in [7, 11) is -3.21. The molecule has 17 heavy (non-hydrogen) atoms. The first kappa shape index (κ1) is 14.7. The van der Waals surface area contributed by atoms with E-state index in [1.54, 1.807) is 24.3 Å². The monoisotopic (exact) mass is 320 g/mol. The standard InChI is InChI=1S/C12H17BrO3S/c1-2-11(14)4-3-9-17(15,16)12-7-5-10(13)6-8-12/h5-8,11,14H,2-4,9H2,1H3. The molecule has 1 rings (SSSR count). The molecule has 1 aromatic carbocycles. The summed E-state index contributed by atoms with van der Waals surface area (Å²) >= 11 is 3.27. The van der Waals surface area contributed by atoms with Gasteiger partial charge in [-0.15, -0.1) is 0 Å². The zero-order valence-corrected chi connectivity index (χ0v) is 12.2. The maximum absolute atomic E-state index is 11.9. The van der Waals surface area contributed by atoms with Crippen LogP contribution in [0, 0.1) is 0 Å². The molecule has 0 saturated heterocycles. The molecular weight excluding hydrogens is 304 g/mol. The highest BCUT2D eigenvalue weighted by atomic mass is 79.9. The van der Waals surface area contributed by atoms with Gasteiger partial charge in [0.25, 0.3) is 0 Å². The predicted molar refractivity (Wildman–Crippen MR) is 71.7 cm³/mol. The van der Waals surface area contributed by atoms with E-state index < -0.39 is 15.9 Å². The summed E-state index contributed by atoms with van der Waals surface area (Å²) in [4.78, 5) is 0.340. The van der Waals surface area contributed by atoms with E-state index >= 15 is 0 Å². The molecule has 0 aliphatic carbocycles. The Morgan fingerprint density at radius 1 is 1.29 bits per heavy atom. The Morgan fingerprint density at radius 3 is 2.41 bits per heavy atom. The molecule has 0 bridgehead atoms. The predicted octanol–water partition coefficient (Wildman–Crippen LogP) is 2.77. The lowest BCUT2D eigenvalue weighted by atomic mass is 10.2. The Balaban J connectivity index is 2.60. The summed E-state index contributed by atoms with van der Waals surface area (Å²) in [5.41, 5.74) is 0. The SMILES string of the molecule is CCC(O)CCCS(=O)(=O)c1ccc(Br)cc1. The fraction of sp³-hybridized carbons (Fsp3) is 0.500. The van der Waals surface area contributed by atoms with Crippen LogP contribution in [0.4, 0.5) is 0 Å².